The van der Waals surface area contributed by atoms with Crippen molar-refractivity contribution in [2.24, 2.45) is 0 Å². The Morgan fingerprint density at radius 2 is 0.944 bits per heavy atom. The monoisotopic (exact) mass is 548 g/mol. The summed E-state index contributed by atoms with van der Waals surface area (Å²) in [5.74, 6) is 7.46. The highest BCUT2D eigenvalue weighted by atomic mass is 35.6. The van der Waals surface area contributed by atoms with Crippen LogP contribution in [0.1, 0.15) is 43.0 Å². The lowest BCUT2D eigenvalue weighted by Crippen LogP contribution is -2.00. The number of esters is 2. The Balaban J connectivity index is 0.00000106. The topological polar surface area (TPSA) is 52.6 Å². The molecular formula is C27H17Cl3F2O4. The highest BCUT2D eigenvalue weighted by molar-refractivity contribution is 6.63. The molecule has 0 saturated carbocycles. The molecule has 0 aromatic heterocycles. The molecule has 0 aliphatic carbocycles. The molecule has 0 amide bonds. The van der Waals surface area contributed by atoms with Crippen LogP contribution in [0.5, 0.6) is 0 Å². The number of ether oxygens (including phenoxy) is 2. The SMILES string of the molecule is COC(=O)c1ccc(C#Cc2ccc(C#Cc3ccc(C(=O)OC)cc3)c(F)c2F)cc1.ClC(Cl)Cl. The molecule has 0 radical (unpaired) electrons. The average Bonchev–Trinajstić information content (AvgIpc) is 2.88. The lowest BCUT2D eigenvalue weighted by molar-refractivity contribution is 0.0592. The molecule has 0 N–H and O–H groups in total. The molecule has 0 atom stereocenters. The molecule has 3 aromatic carbocycles. The fourth-order valence-electron chi connectivity index (χ4n) is 2.64. The zero-order chi connectivity index (χ0) is 26.7. The number of halogens is 5. The maximum absolute atomic E-state index is 14.4. The third-order valence-corrected chi connectivity index (χ3v) is 4.38. The van der Waals surface area contributed by atoms with Crippen LogP contribution in [0.2, 0.25) is 0 Å². The minimum atomic E-state index is -1.10. The van der Waals surface area contributed by atoms with E-state index in [1.165, 1.54) is 50.6 Å². The van der Waals surface area contributed by atoms with Gasteiger partial charge in [0.05, 0.1) is 36.5 Å². The molecule has 3 rings (SSSR count). The van der Waals surface area contributed by atoms with Gasteiger partial charge in [-0.25, -0.2) is 18.4 Å². The Bertz CT molecular complexity index is 1240. The number of benzene rings is 3. The Hall–Kier alpha value is -3.55. The van der Waals surface area contributed by atoms with Gasteiger partial charge in [-0.3, -0.25) is 0 Å². The van der Waals surface area contributed by atoms with Crippen LogP contribution in [-0.4, -0.2) is 30.5 Å². The standard InChI is InChI=1S/C26H16F2O4.CHCl3/c1-31-25(29)21-11-5-17(6-12-21)3-9-19-15-16-20(24(28)23(19)27)10-4-18-7-13-22(14-8-18)26(30)32-2;2-1(3)4/h5-8,11-16H,1-2H3;1H. The van der Waals surface area contributed by atoms with Crippen molar-refractivity contribution in [3.8, 4) is 23.7 Å². The first kappa shape index (κ1) is 28.7. The van der Waals surface area contributed by atoms with Crippen LogP contribution in [-0.2, 0) is 9.47 Å². The minimum Gasteiger partial charge on any atom is -0.465 e. The van der Waals surface area contributed by atoms with Crippen LogP contribution in [0.4, 0.5) is 8.78 Å². The molecule has 184 valence electrons. The first-order valence-corrected chi connectivity index (χ1v) is 11.3. The van der Waals surface area contributed by atoms with Gasteiger partial charge in [-0.2, -0.15) is 0 Å². The Kier molecular flexibility index (Phi) is 11.2. The molecule has 0 fully saturated rings. The van der Waals surface area contributed by atoms with Gasteiger partial charge in [-0.05, 0) is 60.7 Å². The van der Waals surface area contributed by atoms with Gasteiger partial charge in [-0.1, -0.05) is 58.5 Å². The Labute approximate surface area is 222 Å². The van der Waals surface area contributed by atoms with Gasteiger partial charge in [-0.15, -0.1) is 0 Å². The van der Waals surface area contributed by atoms with Crippen molar-refractivity contribution in [1.29, 1.82) is 0 Å². The third-order valence-electron chi connectivity index (χ3n) is 4.38. The molecule has 9 heteroatoms. The van der Waals surface area contributed by atoms with Gasteiger partial charge >= 0.3 is 11.9 Å². The van der Waals surface area contributed by atoms with Crippen LogP contribution in [0.3, 0.4) is 0 Å². The maximum Gasteiger partial charge on any atom is 0.337 e. The lowest BCUT2D eigenvalue weighted by Gasteiger charge is -2.00. The Morgan fingerprint density at radius 1 is 0.639 bits per heavy atom. The molecule has 0 saturated heterocycles. The van der Waals surface area contributed by atoms with E-state index in [-0.39, 0.29) is 11.1 Å². The lowest BCUT2D eigenvalue weighted by atomic mass is 10.1. The molecule has 3 aromatic rings. The first-order chi connectivity index (χ1) is 17.2. The fraction of sp³-hybridized carbons (Fsp3) is 0.111. The molecule has 0 spiro atoms. The Morgan fingerprint density at radius 3 is 1.22 bits per heavy atom. The summed E-state index contributed by atoms with van der Waals surface area (Å²) < 4.78 is 37.3. The molecule has 4 nitrogen and oxygen atoms in total. The minimum absolute atomic E-state index is 0.118. The van der Waals surface area contributed by atoms with Gasteiger partial charge in [0, 0.05) is 11.1 Å². The van der Waals surface area contributed by atoms with Crippen LogP contribution in [0.15, 0.2) is 60.7 Å². The average molecular weight is 550 g/mol. The third kappa shape index (κ3) is 8.59. The van der Waals surface area contributed by atoms with Crippen LogP contribution >= 0.6 is 34.8 Å². The van der Waals surface area contributed by atoms with Gasteiger partial charge in [0.1, 0.15) is 0 Å². The number of carbonyl (C=O) groups excluding carboxylic acids is 2. The van der Waals surface area contributed by atoms with E-state index in [1.54, 1.807) is 24.3 Å². The zero-order valence-electron chi connectivity index (χ0n) is 18.9. The van der Waals surface area contributed by atoms with E-state index in [1.807, 2.05) is 0 Å². The largest absolute Gasteiger partial charge is 0.465 e. The van der Waals surface area contributed by atoms with Crippen molar-refractivity contribution < 1.29 is 27.8 Å². The summed E-state index contributed by atoms with van der Waals surface area (Å²) >= 11 is 14.4. The van der Waals surface area contributed by atoms with Gasteiger partial charge in [0.15, 0.2) is 15.9 Å². The second kappa shape index (κ2) is 14.1. The summed E-state index contributed by atoms with van der Waals surface area (Å²) in [5, 5.41) is 0. The fourth-order valence-corrected chi connectivity index (χ4v) is 2.64. The predicted octanol–water partition coefficient (Wildman–Crippen LogP) is 6.32. The van der Waals surface area contributed by atoms with Crippen LogP contribution < -0.4 is 0 Å². The van der Waals surface area contributed by atoms with E-state index in [4.69, 9.17) is 34.8 Å². The number of hydrogen-bond acceptors (Lipinski definition) is 4. The number of hydrogen-bond donors (Lipinski definition) is 0. The van der Waals surface area contributed by atoms with Crippen molar-refractivity contribution in [2.75, 3.05) is 14.2 Å². The maximum atomic E-state index is 14.4. The summed E-state index contributed by atoms with van der Waals surface area (Å²) in [6.07, 6.45) is 0. The van der Waals surface area contributed by atoms with E-state index < -0.39 is 27.9 Å². The smallest absolute Gasteiger partial charge is 0.337 e. The molecule has 0 bridgehead atoms. The molecule has 36 heavy (non-hydrogen) atoms. The number of rotatable bonds is 2. The van der Waals surface area contributed by atoms with Gasteiger partial charge < -0.3 is 9.47 Å². The van der Waals surface area contributed by atoms with Crippen molar-refractivity contribution in [3.63, 3.8) is 0 Å². The quantitative estimate of drug-likeness (QED) is 0.213. The summed E-state index contributed by atoms with van der Waals surface area (Å²) in [5.41, 5.74) is 1.53. The van der Waals surface area contributed by atoms with E-state index in [2.05, 4.69) is 33.2 Å². The molecule has 0 unspecified atom stereocenters. The number of alkyl halides is 3. The van der Waals surface area contributed by atoms with E-state index >= 15 is 0 Å². The van der Waals surface area contributed by atoms with E-state index in [0.717, 1.165) is 0 Å². The summed E-state index contributed by atoms with van der Waals surface area (Å²) in [6, 6.07) is 15.1. The second-order valence-electron chi connectivity index (χ2n) is 6.67. The highest BCUT2D eigenvalue weighted by Crippen LogP contribution is 2.16. The number of carbonyl (C=O) groups is 2. The summed E-state index contributed by atoms with van der Waals surface area (Å²) in [6.45, 7) is 0. The van der Waals surface area contributed by atoms with Crippen molar-refractivity contribution in [1.82, 2.24) is 0 Å². The summed E-state index contributed by atoms with van der Waals surface area (Å²) in [7, 11) is 2.56. The normalized spacial score (nSPS) is 9.56. The van der Waals surface area contributed by atoms with E-state index in [0.29, 0.717) is 22.3 Å². The van der Waals surface area contributed by atoms with Crippen molar-refractivity contribution in [3.05, 3.63) is 106 Å². The first-order valence-electron chi connectivity index (χ1n) is 9.97. The molecular weight excluding hydrogens is 533 g/mol. The molecule has 0 aliphatic heterocycles. The van der Waals surface area contributed by atoms with Crippen LogP contribution in [0.25, 0.3) is 0 Å². The van der Waals surface area contributed by atoms with Gasteiger partial charge in [0.25, 0.3) is 0 Å². The van der Waals surface area contributed by atoms with Crippen molar-refractivity contribution in [2.45, 2.75) is 4.30 Å². The molecule has 0 heterocycles. The van der Waals surface area contributed by atoms with Gasteiger partial charge in [0.2, 0.25) is 0 Å². The zero-order valence-corrected chi connectivity index (χ0v) is 21.1. The summed E-state index contributed by atoms with van der Waals surface area (Å²) in [4.78, 5) is 22.9. The second-order valence-corrected chi connectivity index (χ2v) is 8.65. The molecule has 0 aliphatic rings. The van der Waals surface area contributed by atoms with E-state index in [9.17, 15) is 18.4 Å². The van der Waals surface area contributed by atoms with Crippen molar-refractivity contribution >= 4 is 46.7 Å². The van der Waals surface area contributed by atoms with Crippen LogP contribution in [0, 0.1) is 35.3 Å². The predicted molar refractivity (Wildman–Crippen MR) is 135 cm³/mol. The number of methoxy groups -OCH3 is 2. The highest BCUT2D eigenvalue weighted by Gasteiger charge is 2.11.